The summed E-state index contributed by atoms with van der Waals surface area (Å²) in [5, 5.41) is 0.407. The Morgan fingerprint density at radius 3 is 2.73 bits per heavy atom. The molecule has 0 aliphatic rings. The van der Waals surface area contributed by atoms with Gasteiger partial charge in [0.15, 0.2) is 0 Å². The molecule has 2 aromatic carbocycles. The van der Waals surface area contributed by atoms with Crippen LogP contribution >= 0.6 is 27.3 Å². The summed E-state index contributed by atoms with van der Waals surface area (Å²) in [6.07, 6.45) is 0. The van der Waals surface area contributed by atoms with Gasteiger partial charge in [-0.15, -0.1) is 11.3 Å². The van der Waals surface area contributed by atoms with E-state index in [0.29, 0.717) is 26.1 Å². The van der Waals surface area contributed by atoms with Crippen molar-refractivity contribution >= 4 is 43.3 Å². The number of fused-ring (bicyclic) bond motifs is 1. The molecule has 1 aromatic heterocycles. The standard InChI is InChI=1S/C19H16BrF2NO2S/c1-23(9-11-8-12(20)6-7-14(11)21)19(24)18-13(10-25-2)17-15(22)4-3-5-16(17)26-18/h3-8H,9-10H2,1-2H3. The molecule has 0 fully saturated rings. The molecule has 7 heteroatoms. The van der Waals surface area contributed by atoms with E-state index in [1.54, 1.807) is 31.3 Å². The number of halogens is 3. The summed E-state index contributed by atoms with van der Waals surface area (Å²) in [5.41, 5.74) is 0.924. The van der Waals surface area contributed by atoms with E-state index in [4.69, 9.17) is 4.74 Å². The summed E-state index contributed by atoms with van der Waals surface area (Å²) < 4.78 is 34.8. The average molecular weight is 440 g/mol. The molecule has 0 saturated carbocycles. The minimum absolute atomic E-state index is 0.104. The van der Waals surface area contributed by atoms with Crippen LogP contribution in [0.5, 0.6) is 0 Å². The molecule has 136 valence electrons. The third-order valence-corrected chi connectivity index (χ3v) is 5.69. The van der Waals surface area contributed by atoms with Crippen LogP contribution in [0.4, 0.5) is 8.78 Å². The van der Waals surface area contributed by atoms with Crippen molar-refractivity contribution < 1.29 is 18.3 Å². The molecule has 0 aliphatic carbocycles. The number of rotatable bonds is 5. The smallest absolute Gasteiger partial charge is 0.264 e. The number of thiophene rings is 1. The van der Waals surface area contributed by atoms with E-state index >= 15 is 0 Å². The van der Waals surface area contributed by atoms with Gasteiger partial charge in [-0.25, -0.2) is 8.78 Å². The molecule has 0 radical (unpaired) electrons. The van der Waals surface area contributed by atoms with Crippen molar-refractivity contribution in [2.45, 2.75) is 13.2 Å². The summed E-state index contributed by atoms with van der Waals surface area (Å²) in [6.45, 7) is 0.231. The molecular weight excluding hydrogens is 424 g/mol. The number of benzene rings is 2. The van der Waals surface area contributed by atoms with Crippen LogP contribution in [0.2, 0.25) is 0 Å². The fourth-order valence-corrected chi connectivity index (χ4v) is 4.41. The molecule has 0 unspecified atom stereocenters. The Balaban J connectivity index is 1.97. The van der Waals surface area contributed by atoms with Crippen molar-refractivity contribution in [3.63, 3.8) is 0 Å². The number of carbonyl (C=O) groups excluding carboxylic acids is 1. The van der Waals surface area contributed by atoms with Gasteiger partial charge in [0.25, 0.3) is 5.91 Å². The first kappa shape index (κ1) is 18.9. The van der Waals surface area contributed by atoms with Gasteiger partial charge in [0, 0.05) is 46.4 Å². The SMILES string of the molecule is COCc1c(C(=O)N(C)Cc2cc(Br)ccc2F)sc2cccc(F)c12. The van der Waals surface area contributed by atoms with Crippen molar-refractivity contribution in [1.82, 2.24) is 4.90 Å². The summed E-state index contributed by atoms with van der Waals surface area (Å²) in [6, 6.07) is 9.34. The quantitative estimate of drug-likeness (QED) is 0.535. The van der Waals surface area contributed by atoms with E-state index in [-0.39, 0.29) is 30.7 Å². The van der Waals surface area contributed by atoms with Crippen LogP contribution in [0.3, 0.4) is 0 Å². The van der Waals surface area contributed by atoms with Crippen LogP contribution in [0.25, 0.3) is 10.1 Å². The molecule has 1 heterocycles. The Bertz CT molecular complexity index is 974. The van der Waals surface area contributed by atoms with E-state index in [2.05, 4.69) is 15.9 Å². The topological polar surface area (TPSA) is 29.5 Å². The second kappa shape index (κ2) is 7.82. The van der Waals surface area contributed by atoms with Crippen LogP contribution in [0, 0.1) is 11.6 Å². The van der Waals surface area contributed by atoms with Gasteiger partial charge in [-0.1, -0.05) is 22.0 Å². The largest absolute Gasteiger partial charge is 0.380 e. The van der Waals surface area contributed by atoms with Crippen LogP contribution in [0.1, 0.15) is 20.8 Å². The van der Waals surface area contributed by atoms with Crippen molar-refractivity contribution in [2.24, 2.45) is 0 Å². The Morgan fingerprint density at radius 1 is 1.23 bits per heavy atom. The van der Waals surface area contributed by atoms with Crippen LogP contribution in [0.15, 0.2) is 40.9 Å². The maximum atomic E-state index is 14.3. The highest BCUT2D eigenvalue weighted by Crippen LogP contribution is 2.34. The molecule has 3 nitrogen and oxygen atoms in total. The first-order valence-electron chi connectivity index (χ1n) is 7.80. The van der Waals surface area contributed by atoms with E-state index in [1.807, 2.05) is 0 Å². The van der Waals surface area contributed by atoms with Crippen molar-refractivity contribution in [3.8, 4) is 0 Å². The summed E-state index contributed by atoms with van der Waals surface area (Å²) in [7, 11) is 3.10. The van der Waals surface area contributed by atoms with Crippen LogP contribution in [-0.4, -0.2) is 25.0 Å². The number of methoxy groups -OCH3 is 1. The number of ether oxygens (including phenoxy) is 1. The Hall–Kier alpha value is -1.83. The highest BCUT2D eigenvalue weighted by Gasteiger charge is 2.23. The first-order valence-corrected chi connectivity index (χ1v) is 9.41. The highest BCUT2D eigenvalue weighted by atomic mass is 79.9. The maximum absolute atomic E-state index is 14.3. The van der Waals surface area contributed by atoms with Gasteiger partial charge in [0.2, 0.25) is 0 Å². The second-order valence-electron chi connectivity index (χ2n) is 5.85. The fraction of sp³-hybridized carbons (Fsp3) is 0.211. The minimum atomic E-state index is -0.384. The van der Waals surface area contributed by atoms with Crippen molar-refractivity contribution in [1.29, 1.82) is 0 Å². The molecule has 0 bridgehead atoms. The molecule has 0 N–H and O–H groups in total. The fourth-order valence-electron chi connectivity index (χ4n) is 2.79. The molecule has 0 atom stereocenters. The van der Waals surface area contributed by atoms with Crippen LogP contribution in [-0.2, 0) is 17.9 Å². The lowest BCUT2D eigenvalue weighted by Crippen LogP contribution is -2.26. The number of amides is 1. The molecule has 26 heavy (non-hydrogen) atoms. The maximum Gasteiger partial charge on any atom is 0.264 e. The second-order valence-corrected chi connectivity index (χ2v) is 7.82. The molecule has 3 aromatic rings. The van der Waals surface area contributed by atoms with E-state index in [0.717, 1.165) is 4.47 Å². The first-order chi connectivity index (χ1) is 12.4. The number of hydrogen-bond donors (Lipinski definition) is 0. The highest BCUT2D eigenvalue weighted by molar-refractivity contribution is 9.10. The Labute approximate surface area is 162 Å². The number of nitrogens with zero attached hydrogens (tertiary/aromatic N) is 1. The summed E-state index contributed by atoms with van der Waals surface area (Å²) in [5.74, 6) is -1.06. The van der Waals surface area contributed by atoms with Gasteiger partial charge in [0.1, 0.15) is 11.6 Å². The molecule has 0 saturated heterocycles. The molecule has 0 spiro atoms. The van der Waals surface area contributed by atoms with Gasteiger partial charge < -0.3 is 9.64 Å². The number of hydrogen-bond acceptors (Lipinski definition) is 3. The summed E-state index contributed by atoms with van der Waals surface area (Å²) >= 11 is 4.52. The van der Waals surface area contributed by atoms with Gasteiger partial charge in [-0.2, -0.15) is 0 Å². The third-order valence-electron chi connectivity index (χ3n) is 4.01. The Morgan fingerprint density at radius 2 is 2.00 bits per heavy atom. The monoisotopic (exact) mass is 439 g/mol. The normalized spacial score (nSPS) is 11.1. The van der Waals surface area contributed by atoms with Crippen molar-refractivity contribution in [3.05, 3.63) is 68.5 Å². The molecule has 1 amide bonds. The minimum Gasteiger partial charge on any atom is -0.380 e. The molecule has 0 aliphatic heterocycles. The van der Waals surface area contributed by atoms with Gasteiger partial charge in [0.05, 0.1) is 11.5 Å². The predicted octanol–water partition coefficient (Wildman–Crippen LogP) is 5.36. The summed E-state index contributed by atoms with van der Waals surface area (Å²) in [4.78, 5) is 14.8. The van der Waals surface area contributed by atoms with Gasteiger partial charge in [-0.3, -0.25) is 4.79 Å². The van der Waals surface area contributed by atoms with Crippen LogP contribution < -0.4 is 0 Å². The zero-order valence-corrected chi connectivity index (χ0v) is 16.6. The zero-order valence-electron chi connectivity index (χ0n) is 14.2. The lowest BCUT2D eigenvalue weighted by Gasteiger charge is -2.18. The predicted molar refractivity (Wildman–Crippen MR) is 102 cm³/mol. The van der Waals surface area contributed by atoms with Crippen molar-refractivity contribution in [2.75, 3.05) is 14.2 Å². The van der Waals surface area contributed by atoms with Gasteiger partial charge in [-0.05, 0) is 30.3 Å². The Kier molecular flexibility index (Phi) is 5.70. The van der Waals surface area contributed by atoms with E-state index in [9.17, 15) is 13.6 Å². The lowest BCUT2D eigenvalue weighted by atomic mass is 10.1. The lowest BCUT2D eigenvalue weighted by molar-refractivity contribution is 0.0784. The van der Waals surface area contributed by atoms with Gasteiger partial charge >= 0.3 is 0 Å². The number of carbonyl (C=O) groups is 1. The molecular formula is C19H16BrF2NO2S. The average Bonchev–Trinajstić information content (AvgIpc) is 2.97. The zero-order chi connectivity index (χ0) is 18.8. The van der Waals surface area contributed by atoms with E-state index in [1.165, 1.54) is 35.5 Å². The van der Waals surface area contributed by atoms with E-state index < -0.39 is 0 Å². The molecule has 3 rings (SSSR count). The third kappa shape index (κ3) is 3.65.